The zero-order chi connectivity index (χ0) is 28.5. The van der Waals surface area contributed by atoms with E-state index in [1.54, 1.807) is 6.26 Å². The van der Waals surface area contributed by atoms with Crippen molar-refractivity contribution in [1.82, 2.24) is 16.0 Å². The fraction of sp³-hybridized carbons (Fsp3) is 0.650. The molecular formula is C20H36N8O8S. The van der Waals surface area contributed by atoms with Crippen molar-refractivity contribution in [2.45, 2.75) is 62.7 Å². The molecule has 0 aromatic rings. The van der Waals surface area contributed by atoms with E-state index in [2.05, 4.69) is 20.9 Å². The zero-order valence-electron chi connectivity index (χ0n) is 20.5. The minimum absolute atomic E-state index is 0.0401. The number of nitrogens with zero attached hydrogens (tertiary/aromatic N) is 1. The van der Waals surface area contributed by atoms with Crippen LogP contribution in [0.15, 0.2) is 4.99 Å². The number of thioether (sulfide) groups is 1. The largest absolute Gasteiger partial charge is 0.481 e. The lowest BCUT2D eigenvalue weighted by atomic mass is 10.1. The molecule has 17 heteroatoms. The number of carbonyl (C=O) groups excluding carboxylic acids is 4. The minimum atomic E-state index is -1.42. The Morgan fingerprint density at radius 2 is 1.38 bits per heavy atom. The van der Waals surface area contributed by atoms with Crippen molar-refractivity contribution in [3.05, 3.63) is 0 Å². The first-order valence-electron chi connectivity index (χ1n) is 11.2. The molecule has 0 aliphatic heterocycles. The molecule has 4 unspecified atom stereocenters. The number of guanidine groups is 1. The van der Waals surface area contributed by atoms with Crippen LogP contribution < -0.4 is 38.9 Å². The van der Waals surface area contributed by atoms with Crippen LogP contribution in [0.5, 0.6) is 0 Å². The van der Waals surface area contributed by atoms with Crippen LogP contribution in [-0.2, 0) is 28.8 Å². The first-order valence-corrected chi connectivity index (χ1v) is 12.6. The van der Waals surface area contributed by atoms with Crippen LogP contribution in [-0.4, -0.2) is 94.5 Å². The number of hydrogen-bond donors (Lipinski definition) is 9. The maximum absolute atomic E-state index is 12.9. The van der Waals surface area contributed by atoms with Crippen LogP contribution in [0.2, 0.25) is 0 Å². The zero-order valence-corrected chi connectivity index (χ0v) is 21.3. The molecule has 0 radical (unpaired) electrons. The highest BCUT2D eigenvalue weighted by atomic mass is 32.2. The Hall–Kier alpha value is -3.60. The molecule has 0 rings (SSSR count). The lowest BCUT2D eigenvalue weighted by molar-refractivity contribution is -0.143. The molecule has 0 saturated heterocycles. The van der Waals surface area contributed by atoms with Crippen LogP contribution in [0.4, 0.5) is 0 Å². The van der Waals surface area contributed by atoms with Gasteiger partial charge in [-0.05, 0) is 37.7 Å². The van der Waals surface area contributed by atoms with E-state index in [0.29, 0.717) is 5.75 Å². The van der Waals surface area contributed by atoms with Gasteiger partial charge in [0.1, 0.15) is 18.1 Å². The second-order valence-corrected chi connectivity index (χ2v) is 8.95. The second-order valence-electron chi connectivity index (χ2n) is 7.96. The maximum atomic E-state index is 12.9. The summed E-state index contributed by atoms with van der Waals surface area (Å²) in [6, 6.07) is -5.25. The van der Waals surface area contributed by atoms with Gasteiger partial charge in [0.15, 0.2) is 5.96 Å². The first kappa shape index (κ1) is 33.4. The molecule has 0 aromatic carbocycles. The molecule has 13 N–H and O–H groups in total. The summed E-state index contributed by atoms with van der Waals surface area (Å²) in [5, 5.41) is 25.5. The van der Waals surface area contributed by atoms with Crippen LogP contribution in [0, 0.1) is 0 Å². The van der Waals surface area contributed by atoms with Gasteiger partial charge in [0.2, 0.25) is 23.6 Å². The summed E-state index contributed by atoms with van der Waals surface area (Å²) in [5.74, 6) is -5.73. The fourth-order valence-corrected chi connectivity index (χ4v) is 3.41. The molecule has 0 bridgehead atoms. The normalized spacial score (nSPS) is 13.8. The van der Waals surface area contributed by atoms with Crippen molar-refractivity contribution in [3.63, 3.8) is 0 Å². The van der Waals surface area contributed by atoms with Gasteiger partial charge in [-0.2, -0.15) is 11.8 Å². The van der Waals surface area contributed by atoms with Crippen LogP contribution in [0.1, 0.15) is 38.5 Å². The number of amides is 4. The molecule has 4 atom stereocenters. The number of aliphatic imine (C=N–C) groups is 1. The number of nitrogens with two attached hydrogens (primary N) is 4. The monoisotopic (exact) mass is 548 g/mol. The molecule has 0 aliphatic rings. The molecule has 0 saturated carbocycles. The van der Waals surface area contributed by atoms with Crippen molar-refractivity contribution in [2.75, 3.05) is 18.6 Å². The second kappa shape index (κ2) is 17.8. The lowest BCUT2D eigenvalue weighted by Crippen LogP contribution is -2.57. The molecule has 4 amide bonds. The van der Waals surface area contributed by atoms with Gasteiger partial charge in [0, 0.05) is 13.0 Å². The molecule has 210 valence electrons. The number of carboxylic acids is 2. The van der Waals surface area contributed by atoms with Gasteiger partial charge in [0.05, 0.1) is 12.5 Å². The summed E-state index contributed by atoms with van der Waals surface area (Å²) < 4.78 is 0. The lowest BCUT2D eigenvalue weighted by Gasteiger charge is -2.25. The Kier molecular flexibility index (Phi) is 16.0. The highest BCUT2D eigenvalue weighted by Gasteiger charge is 2.30. The van der Waals surface area contributed by atoms with Crippen molar-refractivity contribution in [3.8, 4) is 0 Å². The van der Waals surface area contributed by atoms with E-state index in [0.717, 1.165) is 0 Å². The van der Waals surface area contributed by atoms with Gasteiger partial charge in [-0.1, -0.05) is 0 Å². The van der Waals surface area contributed by atoms with Crippen molar-refractivity contribution in [2.24, 2.45) is 27.9 Å². The van der Waals surface area contributed by atoms with E-state index in [1.807, 2.05) is 0 Å². The predicted octanol–water partition coefficient (Wildman–Crippen LogP) is -3.60. The first-order chi connectivity index (χ1) is 17.3. The van der Waals surface area contributed by atoms with E-state index in [9.17, 15) is 33.9 Å². The van der Waals surface area contributed by atoms with E-state index < -0.39 is 72.6 Å². The number of carbonyl (C=O) groups is 6. The van der Waals surface area contributed by atoms with Crippen LogP contribution >= 0.6 is 11.8 Å². The standard InChI is InChI=1S/C20H36N8O8S/c1-37-8-6-12(26-16(32)10(21)9-14(22)29)18(34)27-11(4-5-15(30)31)17(33)28-13(19(35)36)3-2-7-25-20(23)24/h10-13H,2-9,21H2,1H3,(H2,22,29)(H,26,32)(H,27,34)(H,28,33)(H,30,31)(H,35,36)(H4,23,24,25). The average Bonchev–Trinajstić information content (AvgIpc) is 2.79. The quantitative estimate of drug-likeness (QED) is 0.0429. The number of primary amides is 1. The highest BCUT2D eigenvalue weighted by Crippen LogP contribution is 2.07. The van der Waals surface area contributed by atoms with E-state index >= 15 is 0 Å². The Morgan fingerprint density at radius 3 is 1.86 bits per heavy atom. The Bertz CT molecular complexity index is 852. The summed E-state index contributed by atoms with van der Waals surface area (Å²) in [6.45, 7) is 0.121. The van der Waals surface area contributed by atoms with Crippen molar-refractivity contribution in [1.29, 1.82) is 0 Å². The molecular weight excluding hydrogens is 512 g/mol. The van der Waals surface area contributed by atoms with Gasteiger partial charge in [-0.15, -0.1) is 0 Å². The topological polar surface area (TPSA) is 295 Å². The molecule has 0 aromatic heterocycles. The molecule has 0 heterocycles. The Labute approximate surface area is 217 Å². The molecule has 16 nitrogen and oxygen atoms in total. The third-order valence-corrected chi connectivity index (χ3v) is 5.49. The van der Waals surface area contributed by atoms with E-state index in [-0.39, 0.29) is 38.2 Å². The summed E-state index contributed by atoms with van der Waals surface area (Å²) in [7, 11) is 0. The predicted molar refractivity (Wildman–Crippen MR) is 135 cm³/mol. The minimum Gasteiger partial charge on any atom is -0.481 e. The summed E-state index contributed by atoms with van der Waals surface area (Å²) in [4.78, 5) is 75.5. The fourth-order valence-electron chi connectivity index (χ4n) is 2.93. The Balaban J connectivity index is 5.53. The number of carboxylic acid groups (broad SMARTS) is 2. The number of rotatable bonds is 19. The summed E-state index contributed by atoms with van der Waals surface area (Å²) in [5.41, 5.74) is 21.1. The van der Waals surface area contributed by atoms with Gasteiger partial charge >= 0.3 is 11.9 Å². The van der Waals surface area contributed by atoms with Gasteiger partial charge in [-0.25, -0.2) is 4.79 Å². The van der Waals surface area contributed by atoms with Gasteiger partial charge in [0.25, 0.3) is 0 Å². The van der Waals surface area contributed by atoms with Crippen molar-refractivity contribution >= 4 is 53.3 Å². The third kappa shape index (κ3) is 15.2. The average molecular weight is 549 g/mol. The molecule has 0 aliphatic carbocycles. The van der Waals surface area contributed by atoms with Crippen LogP contribution in [0.3, 0.4) is 0 Å². The smallest absolute Gasteiger partial charge is 0.326 e. The molecule has 0 spiro atoms. The highest BCUT2D eigenvalue weighted by molar-refractivity contribution is 7.98. The van der Waals surface area contributed by atoms with Gasteiger partial charge in [-0.3, -0.25) is 29.0 Å². The van der Waals surface area contributed by atoms with Gasteiger partial charge < -0.3 is 49.1 Å². The molecule has 0 fully saturated rings. The maximum Gasteiger partial charge on any atom is 0.326 e. The van der Waals surface area contributed by atoms with E-state index in [1.165, 1.54) is 11.8 Å². The number of hydrogen-bond acceptors (Lipinski definition) is 9. The van der Waals surface area contributed by atoms with Crippen LogP contribution in [0.25, 0.3) is 0 Å². The van der Waals surface area contributed by atoms with E-state index in [4.69, 9.17) is 28.0 Å². The summed E-state index contributed by atoms with van der Waals surface area (Å²) >= 11 is 1.37. The number of aliphatic carboxylic acids is 2. The number of nitrogens with one attached hydrogen (secondary N) is 3. The Morgan fingerprint density at radius 1 is 0.838 bits per heavy atom. The SMILES string of the molecule is CSCCC(NC(=O)C(N)CC(N)=O)C(=O)NC(CCC(=O)O)C(=O)NC(CCCN=C(N)N)C(=O)O. The summed E-state index contributed by atoms with van der Waals surface area (Å²) in [6.07, 6.45) is 0.753. The third-order valence-electron chi connectivity index (χ3n) is 4.84. The van der Waals surface area contributed by atoms with Crippen molar-refractivity contribution < 1.29 is 39.0 Å². The molecule has 37 heavy (non-hydrogen) atoms.